The van der Waals surface area contributed by atoms with E-state index in [-0.39, 0.29) is 5.97 Å². The van der Waals surface area contributed by atoms with Gasteiger partial charge in [-0.2, -0.15) is 5.10 Å². The molecule has 0 radical (unpaired) electrons. The first-order valence-corrected chi connectivity index (χ1v) is 5.69. The molecule has 88 valence electrons. The van der Waals surface area contributed by atoms with Crippen molar-refractivity contribution >= 4 is 21.9 Å². The quantitative estimate of drug-likeness (QED) is 0.811. The molecule has 6 heteroatoms. The predicted octanol–water partition coefficient (Wildman–Crippen LogP) is 1.88. The van der Waals surface area contributed by atoms with Crippen LogP contribution in [0.1, 0.15) is 16.1 Å². The Labute approximate surface area is 107 Å². The minimum Gasteiger partial charge on any atom is -0.465 e. The van der Waals surface area contributed by atoms with Crippen molar-refractivity contribution in [2.45, 2.75) is 6.54 Å². The molecule has 0 aliphatic heterocycles. The number of carbonyl (C=O) groups excluding carboxylic acids is 1. The number of hydrogen-bond acceptors (Lipinski definition) is 4. The first-order chi connectivity index (χ1) is 8.19. The number of halogens is 1. The van der Waals surface area contributed by atoms with Crippen molar-refractivity contribution in [1.29, 1.82) is 0 Å². The number of carbonyl (C=O) groups is 1. The number of pyridine rings is 1. The topological polar surface area (TPSA) is 57.0 Å². The van der Waals surface area contributed by atoms with Crippen LogP contribution in [0, 0.1) is 0 Å². The van der Waals surface area contributed by atoms with Crippen LogP contribution in [-0.4, -0.2) is 27.8 Å². The number of rotatable bonds is 3. The van der Waals surface area contributed by atoms with Gasteiger partial charge in [0.25, 0.3) is 0 Å². The van der Waals surface area contributed by atoms with Crippen LogP contribution in [0.25, 0.3) is 0 Å². The molecule has 0 N–H and O–H groups in total. The molecule has 0 fully saturated rings. The van der Waals surface area contributed by atoms with E-state index in [1.165, 1.54) is 13.3 Å². The minimum atomic E-state index is -0.383. The molecule has 0 aromatic carbocycles. The van der Waals surface area contributed by atoms with E-state index in [0.29, 0.717) is 12.1 Å². The van der Waals surface area contributed by atoms with Crippen LogP contribution < -0.4 is 0 Å². The third-order valence-electron chi connectivity index (χ3n) is 2.17. The Balaban J connectivity index is 2.10. The number of methoxy groups -OCH3 is 1. The van der Waals surface area contributed by atoms with E-state index < -0.39 is 0 Å². The van der Waals surface area contributed by atoms with Crippen LogP contribution >= 0.6 is 15.9 Å². The molecule has 0 aliphatic carbocycles. The third kappa shape index (κ3) is 2.91. The van der Waals surface area contributed by atoms with Gasteiger partial charge >= 0.3 is 5.97 Å². The summed E-state index contributed by atoms with van der Waals surface area (Å²) in [6.45, 7) is 0.563. The van der Waals surface area contributed by atoms with E-state index in [4.69, 9.17) is 0 Å². The lowest BCUT2D eigenvalue weighted by molar-refractivity contribution is 0.0600. The summed E-state index contributed by atoms with van der Waals surface area (Å²) < 4.78 is 7.27. The Bertz CT molecular complexity index is 522. The number of ether oxygens (including phenoxy) is 1. The summed E-state index contributed by atoms with van der Waals surface area (Å²) in [5, 5.41) is 4.12. The van der Waals surface area contributed by atoms with Crippen LogP contribution in [0.4, 0.5) is 0 Å². The van der Waals surface area contributed by atoms with Crippen LogP contribution in [0.5, 0.6) is 0 Å². The van der Waals surface area contributed by atoms with Gasteiger partial charge in [0.1, 0.15) is 0 Å². The lowest BCUT2D eigenvalue weighted by atomic mass is 10.2. The highest BCUT2D eigenvalue weighted by Gasteiger charge is 2.05. The highest BCUT2D eigenvalue weighted by atomic mass is 79.9. The van der Waals surface area contributed by atoms with Crippen molar-refractivity contribution < 1.29 is 9.53 Å². The maximum absolute atomic E-state index is 11.2. The number of nitrogens with zero attached hydrogens (tertiary/aromatic N) is 3. The molecule has 2 aromatic heterocycles. The maximum atomic E-state index is 11.2. The zero-order valence-electron chi connectivity index (χ0n) is 9.13. The summed E-state index contributed by atoms with van der Waals surface area (Å²) >= 11 is 3.32. The van der Waals surface area contributed by atoms with Gasteiger partial charge in [0.05, 0.1) is 35.6 Å². The molecule has 2 aromatic rings. The van der Waals surface area contributed by atoms with Gasteiger partial charge in [-0.25, -0.2) is 4.79 Å². The molecule has 17 heavy (non-hydrogen) atoms. The first kappa shape index (κ1) is 11.8. The predicted molar refractivity (Wildman–Crippen MR) is 64.6 cm³/mol. The summed E-state index contributed by atoms with van der Waals surface area (Å²) in [7, 11) is 1.34. The van der Waals surface area contributed by atoms with Gasteiger partial charge in [-0.15, -0.1) is 0 Å². The van der Waals surface area contributed by atoms with E-state index >= 15 is 0 Å². The monoisotopic (exact) mass is 295 g/mol. The van der Waals surface area contributed by atoms with Gasteiger partial charge in [-0.05, 0) is 28.1 Å². The third-order valence-corrected chi connectivity index (χ3v) is 2.58. The zero-order valence-corrected chi connectivity index (χ0v) is 10.7. The molecule has 0 saturated heterocycles. The maximum Gasteiger partial charge on any atom is 0.339 e. The van der Waals surface area contributed by atoms with Crippen molar-refractivity contribution in [3.05, 3.63) is 46.5 Å². The lowest BCUT2D eigenvalue weighted by Crippen LogP contribution is -2.05. The van der Waals surface area contributed by atoms with E-state index in [0.717, 1.165) is 10.2 Å². The number of aromatic nitrogens is 3. The van der Waals surface area contributed by atoms with E-state index in [9.17, 15) is 4.79 Å². The number of hydrogen-bond donors (Lipinski definition) is 0. The average molecular weight is 296 g/mol. The molecule has 5 nitrogen and oxygen atoms in total. The molecule has 0 unspecified atom stereocenters. The van der Waals surface area contributed by atoms with Crippen molar-refractivity contribution in [2.75, 3.05) is 7.11 Å². The molecule has 0 bridgehead atoms. The van der Waals surface area contributed by atoms with Crippen molar-refractivity contribution in [3.8, 4) is 0 Å². The second-order valence-corrected chi connectivity index (χ2v) is 4.30. The van der Waals surface area contributed by atoms with Gasteiger partial charge in [-0.1, -0.05) is 0 Å². The van der Waals surface area contributed by atoms with Gasteiger partial charge in [-0.3, -0.25) is 9.67 Å². The lowest BCUT2D eigenvalue weighted by Gasteiger charge is -2.02. The number of esters is 1. The minimum absolute atomic E-state index is 0.383. The van der Waals surface area contributed by atoms with E-state index in [1.807, 2.05) is 6.20 Å². The summed E-state index contributed by atoms with van der Waals surface area (Å²) in [6, 6.07) is 3.47. The molecule has 0 spiro atoms. The van der Waals surface area contributed by atoms with Crippen LogP contribution in [0.3, 0.4) is 0 Å². The fourth-order valence-electron chi connectivity index (χ4n) is 1.35. The Morgan fingerprint density at radius 2 is 2.29 bits per heavy atom. The van der Waals surface area contributed by atoms with Crippen molar-refractivity contribution in [3.63, 3.8) is 0 Å². The Morgan fingerprint density at radius 3 is 2.82 bits per heavy atom. The summed E-state index contributed by atoms with van der Waals surface area (Å²) in [4.78, 5) is 15.4. The Hall–Kier alpha value is -1.69. The van der Waals surface area contributed by atoms with Gasteiger partial charge in [0.15, 0.2) is 0 Å². The Kier molecular flexibility index (Phi) is 3.53. The summed E-state index contributed by atoms with van der Waals surface area (Å²) in [5.74, 6) is -0.383. The van der Waals surface area contributed by atoms with Gasteiger partial charge in [0.2, 0.25) is 0 Å². The highest BCUT2D eigenvalue weighted by molar-refractivity contribution is 9.10. The molecule has 0 amide bonds. The van der Waals surface area contributed by atoms with Crippen LogP contribution in [-0.2, 0) is 11.3 Å². The molecular weight excluding hydrogens is 286 g/mol. The highest BCUT2D eigenvalue weighted by Crippen LogP contribution is 2.08. The largest absolute Gasteiger partial charge is 0.465 e. The molecular formula is C11H10BrN3O2. The van der Waals surface area contributed by atoms with Gasteiger partial charge < -0.3 is 4.74 Å². The average Bonchev–Trinajstić information content (AvgIpc) is 2.75. The summed E-state index contributed by atoms with van der Waals surface area (Å²) in [6.07, 6.45) is 5.07. The fraction of sp³-hybridized carbons (Fsp3) is 0.182. The molecule has 0 aliphatic rings. The second kappa shape index (κ2) is 5.09. The molecule has 2 rings (SSSR count). The van der Waals surface area contributed by atoms with Crippen molar-refractivity contribution in [2.24, 2.45) is 0 Å². The van der Waals surface area contributed by atoms with Crippen LogP contribution in [0.15, 0.2) is 35.2 Å². The van der Waals surface area contributed by atoms with E-state index in [2.05, 4.69) is 30.7 Å². The normalized spacial score (nSPS) is 10.2. The molecule has 0 atom stereocenters. The van der Waals surface area contributed by atoms with E-state index in [1.54, 1.807) is 23.0 Å². The SMILES string of the molecule is COC(=O)c1ccc(Cn2cc(Br)cn2)nc1. The molecule has 2 heterocycles. The van der Waals surface area contributed by atoms with Crippen molar-refractivity contribution in [1.82, 2.24) is 14.8 Å². The fourth-order valence-corrected chi connectivity index (χ4v) is 1.68. The van der Waals surface area contributed by atoms with Crippen LogP contribution in [0.2, 0.25) is 0 Å². The molecule has 0 saturated carbocycles. The summed E-state index contributed by atoms with van der Waals surface area (Å²) in [5.41, 5.74) is 1.27. The standard InChI is InChI=1S/C11H10BrN3O2/c1-17-11(16)8-2-3-10(13-4-8)7-15-6-9(12)5-14-15/h2-6H,7H2,1H3. The Morgan fingerprint density at radius 1 is 1.47 bits per heavy atom. The zero-order chi connectivity index (χ0) is 12.3. The van der Waals surface area contributed by atoms with Gasteiger partial charge in [0, 0.05) is 12.4 Å². The first-order valence-electron chi connectivity index (χ1n) is 4.90. The second-order valence-electron chi connectivity index (χ2n) is 3.39. The smallest absolute Gasteiger partial charge is 0.339 e.